The largest absolute Gasteiger partial charge is 0.481 e. The molecule has 0 aliphatic heterocycles. The fraction of sp³-hybridized carbons (Fsp3) is 0.263. The number of carbonyl (C=O) groups is 2. The average Bonchev–Trinajstić information content (AvgIpc) is 3.36. The highest BCUT2D eigenvalue weighted by Crippen LogP contribution is 2.48. The number of ether oxygens (including phenoxy) is 1. The second kappa shape index (κ2) is 5.54. The summed E-state index contributed by atoms with van der Waals surface area (Å²) in [6.45, 7) is 1.92. The molecule has 0 aromatic heterocycles. The smallest absolute Gasteiger partial charge is 0.338 e. The molecule has 0 bridgehead atoms. The third kappa shape index (κ3) is 2.61. The predicted octanol–water partition coefficient (Wildman–Crippen LogP) is 3.56. The zero-order valence-corrected chi connectivity index (χ0v) is 13.1. The van der Waals surface area contributed by atoms with E-state index in [-0.39, 0.29) is 5.97 Å². The monoisotopic (exact) mass is 310 g/mol. The molecule has 0 radical (unpaired) electrons. The number of aliphatic carboxylic acids is 1. The molecule has 0 atom stereocenters. The van der Waals surface area contributed by atoms with Crippen LogP contribution in [0, 0.1) is 6.92 Å². The van der Waals surface area contributed by atoms with Gasteiger partial charge in [-0.1, -0.05) is 42.0 Å². The number of carboxylic acids is 1. The van der Waals surface area contributed by atoms with Crippen molar-refractivity contribution in [2.75, 3.05) is 7.11 Å². The fourth-order valence-electron chi connectivity index (χ4n) is 2.91. The topological polar surface area (TPSA) is 63.6 Å². The van der Waals surface area contributed by atoms with Crippen LogP contribution in [-0.2, 0) is 14.9 Å². The molecule has 0 unspecified atom stereocenters. The van der Waals surface area contributed by atoms with Crippen molar-refractivity contribution in [3.63, 3.8) is 0 Å². The van der Waals surface area contributed by atoms with E-state index in [2.05, 4.69) is 0 Å². The highest BCUT2D eigenvalue weighted by Gasteiger charge is 2.51. The summed E-state index contributed by atoms with van der Waals surface area (Å²) in [5.41, 5.74) is 3.26. The van der Waals surface area contributed by atoms with Gasteiger partial charge in [-0.25, -0.2) is 4.79 Å². The van der Waals surface area contributed by atoms with E-state index in [1.165, 1.54) is 7.11 Å². The molecule has 3 rings (SSSR count). The Labute approximate surface area is 134 Å². The molecule has 0 amide bonds. The van der Waals surface area contributed by atoms with Gasteiger partial charge in [-0.05, 0) is 42.5 Å². The minimum Gasteiger partial charge on any atom is -0.481 e. The minimum absolute atomic E-state index is 0.378. The van der Waals surface area contributed by atoms with E-state index in [0.29, 0.717) is 18.4 Å². The quantitative estimate of drug-likeness (QED) is 0.877. The molecule has 1 aliphatic rings. The van der Waals surface area contributed by atoms with E-state index in [1.807, 2.05) is 43.3 Å². The Hall–Kier alpha value is -2.62. The van der Waals surface area contributed by atoms with Crippen LogP contribution >= 0.6 is 0 Å². The minimum atomic E-state index is -0.768. The Balaban J connectivity index is 2.00. The van der Waals surface area contributed by atoms with Crippen LogP contribution in [0.15, 0.2) is 42.5 Å². The first kappa shape index (κ1) is 15.3. The standard InChI is InChI=1S/C19H18O4/c1-12-3-8-15(16(11-12)17(20)23-2)13-4-6-14(7-5-13)19(9-10-19)18(21)22/h3-8,11H,9-10H2,1-2H3,(H,21,22). The SMILES string of the molecule is COC(=O)c1cc(C)ccc1-c1ccc(C2(C(=O)O)CC2)cc1. The highest BCUT2D eigenvalue weighted by atomic mass is 16.5. The summed E-state index contributed by atoms with van der Waals surface area (Å²) in [4.78, 5) is 23.4. The van der Waals surface area contributed by atoms with Crippen molar-refractivity contribution in [3.05, 3.63) is 59.2 Å². The maximum Gasteiger partial charge on any atom is 0.338 e. The molecule has 1 aliphatic carbocycles. The van der Waals surface area contributed by atoms with E-state index in [4.69, 9.17) is 4.74 Å². The van der Waals surface area contributed by atoms with Gasteiger partial charge >= 0.3 is 11.9 Å². The Morgan fingerprint density at radius 2 is 1.74 bits per heavy atom. The summed E-state index contributed by atoms with van der Waals surface area (Å²) in [6, 6.07) is 13.1. The lowest BCUT2D eigenvalue weighted by molar-refractivity contribution is -0.140. The van der Waals surface area contributed by atoms with Crippen molar-refractivity contribution in [2.45, 2.75) is 25.2 Å². The Kier molecular flexibility index (Phi) is 3.68. The van der Waals surface area contributed by atoms with Crippen molar-refractivity contribution in [1.82, 2.24) is 0 Å². The van der Waals surface area contributed by atoms with Gasteiger partial charge in [0.25, 0.3) is 0 Å². The summed E-state index contributed by atoms with van der Waals surface area (Å²) in [7, 11) is 1.36. The first-order valence-corrected chi connectivity index (χ1v) is 7.51. The van der Waals surface area contributed by atoms with Gasteiger partial charge in [-0.3, -0.25) is 4.79 Å². The third-order valence-corrected chi connectivity index (χ3v) is 4.49. The molecule has 0 heterocycles. The van der Waals surface area contributed by atoms with Crippen LogP contribution in [0.2, 0.25) is 0 Å². The molecule has 23 heavy (non-hydrogen) atoms. The van der Waals surface area contributed by atoms with Gasteiger partial charge in [0.2, 0.25) is 0 Å². The lowest BCUT2D eigenvalue weighted by Gasteiger charge is -2.13. The number of rotatable bonds is 4. The number of carboxylic acid groups (broad SMARTS) is 1. The van der Waals surface area contributed by atoms with Crippen LogP contribution < -0.4 is 0 Å². The highest BCUT2D eigenvalue weighted by molar-refractivity contribution is 5.97. The number of methoxy groups -OCH3 is 1. The zero-order chi connectivity index (χ0) is 16.6. The van der Waals surface area contributed by atoms with Gasteiger partial charge in [0, 0.05) is 0 Å². The summed E-state index contributed by atoms with van der Waals surface area (Å²) < 4.78 is 4.86. The third-order valence-electron chi connectivity index (χ3n) is 4.49. The first-order valence-electron chi connectivity index (χ1n) is 7.51. The van der Waals surface area contributed by atoms with Gasteiger partial charge in [0.15, 0.2) is 0 Å². The van der Waals surface area contributed by atoms with Crippen LogP contribution in [0.1, 0.15) is 34.3 Å². The van der Waals surface area contributed by atoms with Gasteiger partial charge in [0.05, 0.1) is 18.1 Å². The molecule has 4 nitrogen and oxygen atoms in total. The molecular formula is C19H18O4. The van der Waals surface area contributed by atoms with Gasteiger partial charge in [-0.2, -0.15) is 0 Å². The molecule has 4 heteroatoms. The van der Waals surface area contributed by atoms with Crippen molar-refractivity contribution in [2.24, 2.45) is 0 Å². The average molecular weight is 310 g/mol. The van der Waals surface area contributed by atoms with Gasteiger partial charge in [0.1, 0.15) is 0 Å². The molecule has 1 N–H and O–H groups in total. The van der Waals surface area contributed by atoms with Gasteiger partial charge in [-0.15, -0.1) is 0 Å². The number of hydrogen-bond donors (Lipinski definition) is 1. The van der Waals surface area contributed by atoms with Crippen molar-refractivity contribution >= 4 is 11.9 Å². The summed E-state index contributed by atoms with van der Waals surface area (Å²) in [6.07, 6.45) is 1.36. The van der Waals surface area contributed by atoms with E-state index in [9.17, 15) is 14.7 Å². The Morgan fingerprint density at radius 1 is 1.09 bits per heavy atom. The maximum absolute atomic E-state index is 12.0. The molecule has 0 saturated heterocycles. The second-order valence-electron chi connectivity index (χ2n) is 6.01. The zero-order valence-electron chi connectivity index (χ0n) is 13.1. The van der Waals surface area contributed by atoms with Crippen LogP contribution in [0.5, 0.6) is 0 Å². The number of benzene rings is 2. The first-order chi connectivity index (χ1) is 11.0. The molecule has 1 saturated carbocycles. The summed E-state index contributed by atoms with van der Waals surface area (Å²) in [5.74, 6) is -1.15. The Morgan fingerprint density at radius 3 is 2.26 bits per heavy atom. The van der Waals surface area contributed by atoms with E-state index >= 15 is 0 Å². The number of esters is 1. The van der Waals surface area contributed by atoms with Crippen molar-refractivity contribution in [3.8, 4) is 11.1 Å². The fourth-order valence-corrected chi connectivity index (χ4v) is 2.91. The number of hydrogen-bond acceptors (Lipinski definition) is 3. The second-order valence-corrected chi connectivity index (χ2v) is 6.01. The van der Waals surface area contributed by atoms with Crippen LogP contribution in [0.25, 0.3) is 11.1 Å². The molecular weight excluding hydrogens is 292 g/mol. The summed E-state index contributed by atoms with van der Waals surface area (Å²) in [5, 5.41) is 9.36. The van der Waals surface area contributed by atoms with Crippen LogP contribution in [-0.4, -0.2) is 24.2 Å². The molecule has 118 valence electrons. The van der Waals surface area contributed by atoms with E-state index in [0.717, 1.165) is 22.3 Å². The van der Waals surface area contributed by atoms with Gasteiger partial charge < -0.3 is 9.84 Å². The van der Waals surface area contributed by atoms with E-state index in [1.54, 1.807) is 6.07 Å². The molecule has 2 aromatic rings. The number of carbonyl (C=O) groups excluding carboxylic acids is 1. The van der Waals surface area contributed by atoms with Crippen LogP contribution in [0.4, 0.5) is 0 Å². The Bertz CT molecular complexity index is 770. The van der Waals surface area contributed by atoms with Crippen molar-refractivity contribution in [1.29, 1.82) is 0 Å². The van der Waals surface area contributed by atoms with E-state index < -0.39 is 11.4 Å². The predicted molar refractivity (Wildman–Crippen MR) is 86.5 cm³/mol. The summed E-state index contributed by atoms with van der Waals surface area (Å²) >= 11 is 0. The molecule has 0 spiro atoms. The molecule has 2 aromatic carbocycles. The normalized spacial score (nSPS) is 15.0. The lowest BCUT2D eigenvalue weighted by Crippen LogP contribution is -2.19. The maximum atomic E-state index is 12.0. The number of aryl methyl sites for hydroxylation is 1. The molecule has 1 fully saturated rings. The van der Waals surface area contributed by atoms with Crippen LogP contribution in [0.3, 0.4) is 0 Å². The van der Waals surface area contributed by atoms with Crippen molar-refractivity contribution < 1.29 is 19.4 Å². The lowest BCUT2D eigenvalue weighted by atomic mass is 9.92.